The molecule has 0 heterocycles. The molecular formula is C13H19FO. The summed E-state index contributed by atoms with van der Waals surface area (Å²) in [7, 11) is 0. The number of aliphatic hydroxyl groups is 1. The van der Waals surface area contributed by atoms with Gasteiger partial charge in [-0.05, 0) is 42.9 Å². The summed E-state index contributed by atoms with van der Waals surface area (Å²) >= 11 is 0. The third-order valence-corrected chi connectivity index (χ3v) is 2.60. The fourth-order valence-electron chi connectivity index (χ4n) is 1.47. The second kappa shape index (κ2) is 5.26. The molecule has 0 fully saturated rings. The summed E-state index contributed by atoms with van der Waals surface area (Å²) in [4.78, 5) is 0. The van der Waals surface area contributed by atoms with Crippen LogP contribution < -0.4 is 0 Å². The topological polar surface area (TPSA) is 20.2 Å². The van der Waals surface area contributed by atoms with Gasteiger partial charge < -0.3 is 5.11 Å². The minimum atomic E-state index is -0.539. The minimum absolute atomic E-state index is 0.240. The Hall–Kier alpha value is -0.890. The number of rotatable bonds is 4. The fourth-order valence-corrected chi connectivity index (χ4v) is 1.47. The predicted molar refractivity (Wildman–Crippen MR) is 60.2 cm³/mol. The first kappa shape index (κ1) is 12.2. The molecule has 0 spiro atoms. The van der Waals surface area contributed by atoms with Crippen LogP contribution in [0.25, 0.3) is 0 Å². The molecule has 0 aliphatic rings. The number of hydrogen-bond donors (Lipinski definition) is 1. The van der Waals surface area contributed by atoms with Crippen LogP contribution in [0, 0.1) is 18.7 Å². The zero-order chi connectivity index (χ0) is 11.4. The molecule has 1 atom stereocenters. The van der Waals surface area contributed by atoms with Crippen LogP contribution in [-0.4, -0.2) is 5.11 Å². The second-order valence-electron chi connectivity index (χ2n) is 4.50. The summed E-state index contributed by atoms with van der Waals surface area (Å²) < 4.78 is 13.2. The molecule has 84 valence electrons. The van der Waals surface area contributed by atoms with Crippen molar-refractivity contribution in [3.05, 3.63) is 35.1 Å². The Kier molecular flexibility index (Phi) is 4.28. The SMILES string of the molecule is Cc1ccc(C(O)CCC(C)C)cc1F. The maximum absolute atomic E-state index is 13.2. The van der Waals surface area contributed by atoms with Crippen LogP contribution in [0.3, 0.4) is 0 Å². The summed E-state index contributed by atoms with van der Waals surface area (Å²) in [5.74, 6) is 0.325. The third-order valence-electron chi connectivity index (χ3n) is 2.60. The van der Waals surface area contributed by atoms with Crippen molar-refractivity contribution in [1.82, 2.24) is 0 Å². The number of hydrogen-bond acceptors (Lipinski definition) is 1. The van der Waals surface area contributed by atoms with Crippen LogP contribution in [0.4, 0.5) is 4.39 Å². The smallest absolute Gasteiger partial charge is 0.126 e. The molecule has 1 nitrogen and oxygen atoms in total. The lowest BCUT2D eigenvalue weighted by Gasteiger charge is -2.13. The normalized spacial score (nSPS) is 13.2. The van der Waals surface area contributed by atoms with Gasteiger partial charge in [0.15, 0.2) is 0 Å². The molecule has 1 unspecified atom stereocenters. The largest absolute Gasteiger partial charge is 0.388 e. The van der Waals surface area contributed by atoms with Gasteiger partial charge in [0.2, 0.25) is 0 Å². The van der Waals surface area contributed by atoms with Crippen molar-refractivity contribution in [2.45, 2.75) is 39.7 Å². The molecule has 2 heteroatoms. The molecule has 1 aromatic rings. The molecule has 15 heavy (non-hydrogen) atoms. The first-order chi connectivity index (χ1) is 7.00. The Balaban J connectivity index is 2.65. The summed E-state index contributed by atoms with van der Waals surface area (Å²) in [5, 5.41) is 9.82. The lowest BCUT2D eigenvalue weighted by Crippen LogP contribution is -2.01. The van der Waals surface area contributed by atoms with Crippen LogP contribution in [0.15, 0.2) is 18.2 Å². The molecule has 1 rings (SSSR count). The molecule has 0 radical (unpaired) electrons. The van der Waals surface area contributed by atoms with E-state index >= 15 is 0 Å². The average Bonchev–Trinajstić information content (AvgIpc) is 2.18. The summed E-state index contributed by atoms with van der Waals surface area (Å²) in [6, 6.07) is 4.94. The molecule has 0 amide bonds. The highest BCUT2D eigenvalue weighted by Gasteiger charge is 2.10. The second-order valence-corrected chi connectivity index (χ2v) is 4.50. The zero-order valence-corrected chi connectivity index (χ0v) is 9.63. The Morgan fingerprint density at radius 2 is 1.93 bits per heavy atom. The first-order valence-corrected chi connectivity index (χ1v) is 5.45. The van der Waals surface area contributed by atoms with Gasteiger partial charge in [0, 0.05) is 0 Å². The minimum Gasteiger partial charge on any atom is -0.388 e. The van der Waals surface area contributed by atoms with Gasteiger partial charge in [-0.3, -0.25) is 0 Å². The van der Waals surface area contributed by atoms with Crippen molar-refractivity contribution in [2.24, 2.45) is 5.92 Å². The van der Waals surface area contributed by atoms with Gasteiger partial charge in [-0.25, -0.2) is 4.39 Å². The Morgan fingerprint density at radius 3 is 2.47 bits per heavy atom. The van der Waals surface area contributed by atoms with E-state index in [1.54, 1.807) is 19.1 Å². The van der Waals surface area contributed by atoms with Crippen molar-refractivity contribution in [3.63, 3.8) is 0 Å². The van der Waals surface area contributed by atoms with E-state index in [-0.39, 0.29) is 5.82 Å². The predicted octanol–water partition coefficient (Wildman–Crippen LogP) is 3.60. The number of aryl methyl sites for hydroxylation is 1. The van der Waals surface area contributed by atoms with Crippen molar-refractivity contribution in [1.29, 1.82) is 0 Å². The van der Waals surface area contributed by atoms with Crippen LogP contribution in [0.5, 0.6) is 0 Å². The van der Waals surface area contributed by atoms with Crippen LogP contribution >= 0.6 is 0 Å². The monoisotopic (exact) mass is 210 g/mol. The number of halogens is 1. The van der Waals surface area contributed by atoms with E-state index in [1.165, 1.54) is 6.07 Å². The fraction of sp³-hybridized carbons (Fsp3) is 0.538. The number of aliphatic hydroxyl groups excluding tert-OH is 1. The molecule has 0 aliphatic heterocycles. The molecular weight excluding hydrogens is 191 g/mol. The van der Waals surface area contributed by atoms with Gasteiger partial charge >= 0.3 is 0 Å². The van der Waals surface area contributed by atoms with Crippen LogP contribution in [0.1, 0.15) is 43.9 Å². The zero-order valence-electron chi connectivity index (χ0n) is 9.63. The van der Waals surface area contributed by atoms with Gasteiger partial charge in [0.1, 0.15) is 5.82 Å². The highest BCUT2D eigenvalue weighted by Crippen LogP contribution is 2.22. The summed E-state index contributed by atoms with van der Waals surface area (Å²) in [5.41, 5.74) is 1.30. The van der Waals surface area contributed by atoms with Crippen molar-refractivity contribution in [3.8, 4) is 0 Å². The number of benzene rings is 1. The maximum Gasteiger partial charge on any atom is 0.126 e. The Morgan fingerprint density at radius 1 is 1.27 bits per heavy atom. The van der Waals surface area contributed by atoms with E-state index in [9.17, 15) is 9.50 Å². The van der Waals surface area contributed by atoms with Gasteiger partial charge in [0.25, 0.3) is 0 Å². The lowest BCUT2D eigenvalue weighted by atomic mass is 9.99. The van der Waals surface area contributed by atoms with E-state index in [4.69, 9.17) is 0 Å². The standard InChI is InChI=1S/C13H19FO/c1-9(2)4-7-13(15)11-6-5-10(3)12(14)8-11/h5-6,8-9,13,15H,4,7H2,1-3H3. The van der Waals surface area contributed by atoms with Gasteiger partial charge in [-0.1, -0.05) is 26.0 Å². The van der Waals surface area contributed by atoms with Gasteiger partial charge in [-0.15, -0.1) is 0 Å². The van der Waals surface area contributed by atoms with E-state index in [0.717, 1.165) is 6.42 Å². The molecule has 0 aromatic heterocycles. The van der Waals surface area contributed by atoms with E-state index in [2.05, 4.69) is 13.8 Å². The van der Waals surface area contributed by atoms with Gasteiger partial charge in [0.05, 0.1) is 6.10 Å². The molecule has 0 saturated carbocycles. The van der Waals surface area contributed by atoms with Crippen molar-refractivity contribution < 1.29 is 9.50 Å². The Labute approximate surface area is 90.9 Å². The average molecular weight is 210 g/mol. The van der Waals surface area contributed by atoms with E-state index in [1.807, 2.05) is 0 Å². The molecule has 1 aromatic carbocycles. The molecule has 0 saturated heterocycles. The van der Waals surface area contributed by atoms with Crippen molar-refractivity contribution >= 4 is 0 Å². The maximum atomic E-state index is 13.2. The molecule has 0 bridgehead atoms. The highest BCUT2D eigenvalue weighted by molar-refractivity contribution is 5.24. The lowest BCUT2D eigenvalue weighted by molar-refractivity contribution is 0.159. The highest BCUT2D eigenvalue weighted by atomic mass is 19.1. The van der Waals surface area contributed by atoms with Crippen molar-refractivity contribution in [2.75, 3.05) is 0 Å². The summed E-state index contributed by atoms with van der Waals surface area (Å²) in [6.07, 6.45) is 1.11. The molecule has 0 aliphatic carbocycles. The van der Waals surface area contributed by atoms with E-state index < -0.39 is 6.10 Å². The first-order valence-electron chi connectivity index (χ1n) is 5.45. The Bertz CT molecular complexity index is 320. The summed E-state index contributed by atoms with van der Waals surface area (Å²) in [6.45, 7) is 5.95. The third kappa shape index (κ3) is 3.63. The molecule has 1 N–H and O–H groups in total. The van der Waals surface area contributed by atoms with E-state index in [0.29, 0.717) is 23.5 Å². The van der Waals surface area contributed by atoms with Gasteiger partial charge in [-0.2, -0.15) is 0 Å². The quantitative estimate of drug-likeness (QED) is 0.805. The van der Waals surface area contributed by atoms with Crippen LogP contribution in [-0.2, 0) is 0 Å². The van der Waals surface area contributed by atoms with Crippen LogP contribution in [0.2, 0.25) is 0 Å².